The average molecular weight is 372 g/mol. The van der Waals surface area contributed by atoms with Crippen molar-refractivity contribution < 1.29 is 28.5 Å². The van der Waals surface area contributed by atoms with Crippen LogP contribution in [0.15, 0.2) is 41.5 Å². The summed E-state index contributed by atoms with van der Waals surface area (Å²) in [5, 5.41) is 3.98. The molecule has 1 N–H and O–H groups in total. The number of hydrazone groups is 1. The van der Waals surface area contributed by atoms with Gasteiger partial charge in [-0.05, 0) is 18.2 Å². The Morgan fingerprint density at radius 1 is 1.07 bits per heavy atom. The summed E-state index contributed by atoms with van der Waals surface area (Å²) in [5.41, 5.74) is 3.06. The van der Waals surface area contributed by atoms with Gasteiger partial charge in [0.2, 0.25) is 6.10 Å². The Bertz CT molecular complexity index is 852. The molecule has 1 amide bonds. The van der Waals surface area contributed by atoms with Gasteiger partial charge in [-0.25, -0.2) is 5.43 Å². The van der Waals surface area contributed by atoms with Gasteiger partial charge in [-0.15, -0.1) is 0 Å². The van der Waals surface area contributed by atoms with E-state index in [9.17, 15) is 4.79 Å². The van der Waals surface area contributed by atoms with Gasteiger partial charge in [0.25, 0.3) is 5.91 Å². The molecule has 2 aromatic rings. The lowest BCUT2D eigenvalue weighted by Gasteiger charge is -2.24. The topological polar surface area (TPSA) is 87.6 Å². The second kappa shape index (κ2) is 8.31. The Kier molecular flexibility index (Phi) is 5.65. The fraction of sp³-hybridized carbons (Fsp3) is 0.263. The van der Waals surface area contributed by atoms with E-state index in [0.29, 0.717) is 34.3 Å². The number of rotatable bonds is 6. The molecule has 0 aromatic heterocycles. The first kappa shape index (κ1) is 18.4. The third kappa shape index (κ3) is 4.05. The standard InChI is InChI=1S/C19H20N2O6/c1-23-15-9-17(25-3)16(24-2)8-12(15)10-20-21-19(22)18-11-26-13-6-4-5-7-14(13)27-18/h4-10,18H,11H2,1-3H3,(H,21,22)/b20-10-/t18-/m0/s1. The smallest absolute Gasteiger partial charge is 0.284 e. The summed E-state index contributed by atoms with van der Waals surface area (Å²) in [7, 11) is 4.60. The highest BCUT2D eigenvalue weighted by Gasteiger charge is 2.27. The molecule has 1 aliphatic rings. The van der Waals surface area contributed by atoms with Crippen LogP contribution in [0.2, 0.25) is 0 Å². The third-order valence-corrected chi connectivity index (χ3v) is 3.92. The van der Waals surface area contributed by atoms with E-state index in [4.69, 9.17) is 23.7 Å². The highest BCUT2D eigenvalue weighted by atomic mass is 16.6. The zero-order chi connectivity index (χ0) is 19.2. The third-order valence-electron chi connectivity index (χ3n) is 3.92. The number of fused-ring (bicyclic) bond motifs is 1. The lowest BCUT2D eigenvalue weighted by molar-refractivity contribution is -0.130. The largest absolute Gasteiger partial charge is 0.496 e. The number of hydrogen-bond acceptors (Lipinski definition) is 7. The van der Waals surface area contributed by atoms with Crippen molar-refractivity contribution in [3.63, 3.8) is 0 Å². The highest BCUT2D eigenvalue weighted by molar-refractivity contribution is 5.87. The van der Waals surface area contributed by atoms with Crippen LogP contribution in [0.3, 0.4) is 0 Å². The predicted molar refractivity (Wildman–Crippen MR) is 98.2 cm³/mol. The number of carbonyl (C=O) groups is 1. The molecule has 8 heteroatoms. The summed E-state index contributed by atoms with van der Waals surface area (Å²) in [6.07, 6.45) is 0.667. The fourth-order valence-electron chi connectivity index (χ4n) is 2.54. The molecule has 0 bridgehead atoms. The first-order chi connectivity index (χ1) is 13.2. The van der Waals surface area contributed by atoms with Crippen LogP contribution < -0.4 is 29.1 Å². The van der Waals surface area contributed by atoms with Gasteiger partial charge in [0.1, 0.15) is 12.4 Å². The number of nitrogens with one attached hydrogen (secondary N) is 1. The monoisotopic (exact) mass is 372 g/mol. The molecule has 0 aliphatic carbocycles. The number of methoxy groups -OCH3 is 3. The van der Waals surface area contributed by atoms with Gasteiger partial charge in [0.15, 0.2) is 23.0 Å². The van der Waals surface area contributed by atoms with Gasteiger partial charge in [0.05, 0.1) is 27.5 Å². The first-order valence-electron chi connectivity index (χ1n) is 8.17. The number of carbonyl (C=O) groups excluding carboxylic acids is 1. The van der Waals surface area contributed by atoms with Crippen molar-refractivity contribution in [2.75, 3.05) is 27.9 Å². The minimum Gasteiger partial charge on any atom is -0.496 e. The van der Waals surface area contributed by atoms with Crippen molar-refractivity contribution in [3.05, 3.63) is 42.0 Å². The number of para-hydroxylation sites is 2. The van der Waals surface area contributed by atoms with Crippen LogP contribution >= 0.6 is 0 Å². The maximum Gasteiger partial charge on any atom is 0.284 e. The Labute approximate surface area is 156 Å². The summed E-state index contributed by atoms with van der Waals surface area (Å²) in [5.74, 6) is 2.29. The van der Waals surface area contributed by atoms with Gasteiger partial charge in [-0.3, -0.25) is 4.79 Å². The number of hydrogen-bond donors (Lipinski definition) is 1. The number of benzene rings is 2. The lowest BCUT2D eigenvalue weighted by atomic mass is 10.2. The summed E-state index contributed by atoms with van der Waals surface area (Å²) in [6, 6.07) is 10.5. The minimum atomic E-state index is -0.788. The number of ether oxygens (including phenoxy) is 5. The quantitative estimate of drug-likeness (QED) is 0.616. The zero-order valence-electron chi connectivity index (χ0n) is 15.2. The molecule has 0 unspecified atom stereocenters. The molecule has 0 saturated carbocycles. The number of amides is 1. The van der Waals surface area contributed by atoms with Crippen LogP contribution in [0, 0.1) is 0 Å². The Balaban J connectivity index is 1.68. The average Bonchev–Trinajstić information content (AvgIpc) is 2.72. The van der Waals surface area contributed by atoms with Crippen molar-refractivity contribution in [3.8, 4) is 28.7 Å². The summed E-state index contributed by atoms with van der Waals surface area (Å²) >= 11 is 0. The Morgan fingerprint density at radius 3 is 2.44 bits per heavy atom. The molecule has 3 rings (SSSR count). The summed E-state index contributed by atoms with van der Waals surface area (Å²) < 4.78 is 27.0. The van der Waals surface area contributed by atoms with Crippen LogP contribution in [0.5, 0.6) is 28.7 Å². The Hall–Kier alpha value is -3.42. The molecule has 0 radical (unpaired) electrons. The second-order valence-electron chi connectivity index (χ2n) is 5.55. The molecular weight excluding hydrogens is 352 g/mol. The van der Waals surface area contributed by atoms with E-state index >= 15 is 0 Å². The van der Waals surface area contributed by atoms with Crippen molar-refractivity contribution >= 4 is 12.1 Å². The van der Waals surface area contributed by atoms with Crippen LogP contribution in [0.25, 0.3) is 0 Å². The molecule has 1 atom stereocenters. The van der Waals surface area contributed by atoms with Crippen LogP contribution in [-0.2, 0) is 4.79 Å². The van der Waals surface area contributed by atoms with E-state index in [0.717, 1.165) is 0 Å². The Morgan fingerprint density at radius 2 is 1.74 bits per heavy atom. The van der Waals surface area contributed by atoms with Crippen LogP contribution in [-0.4, -0.2) is 46.2 Å². The van der Waals surface area contributed by atoms with Crippen molar-refractivity contribution in [1.82, 2.24) is 5.43 Å². The maximum absolute atomic E-state index is 12.3. The summed E-state index contributed by atoms with van der Waals surface area (Å²) in [6.45, 7) is 0.109. The number of nitrogens with zero attached hydrogens (tertiary/aromatic N) is 1. The second-order valence-corrected chi connectivity index (χ2v) is 5.55. The van der Waals surface area contributed by atoms with Crippen LogP contribution in [0.1, 0.15) is 5.56 Å². The van der Waals surface area contributed by atoms with Gasteiger partial charge >= 0.3 is 0 Å². The maximum atomic E-state index is 12.3. The van der Waals surface area contributed by atoms with Gasteiger partial charge in [-0.2, -0.15) is 5.10 Å². The molecule has 0 saturated heterocycles. The molecule has 142 valence electrons. The molecule has 2 aromatic carbocycles. The van der Waals surface area contributed by atoms with Gasteiger partial charge in [-0.1, -0.05) is 12.1 Å². The van der Waals surface area contributed by atoms with Gasteiger partial charge in [0, 0.05) is 11.6 Å². The van der Waals surface area contributed by atoms with Crippen molar-refractivity contribution in [2.45, 2.75) is 6.10 Å². The van der Waals surface area contributed by atoms with E-state index in [1.165, 1.54) is 27.5 Å². The molecule has 0 fully saturated rings. The van der Waals surface area contributed by atoms with E-state index < -0.39 is 12.0 Å². The van der Waals surface area contributed by atoms with E-state index in [2.05, 4.69) is 10.5 Å². The normalized spacial score (nSPS) is 15.3. The lowest BCUT2D eigenvalue weighted by Crippen LogP contribution is -2.42. The summed E-state index contributed by atoms with van der Waals surface area (Å²) in [4.78, 5) is 12.3. The molecule has 1 heterocycles. The molecule has 1 aliphatic heterocycles. The van der Waals surface area contributed by atoms with Gasteiger partial charge < -0.3 is 23.7 Å². The van der Waals surface area contributed by atoms with E-state index in [1.54, 1.807) is 24.3 Å². The molecule has 0 spiro atoms. The van der Waals surface area contributed by atoms with Crippen molar-refractivity contribution in [2.24, 2.45) is 5.10 Å². The fourth-order valence-corrected chi connectivity index (χ4v) is 2.54. The minimum absolute atomic E-state index is 0.109. The highest BCUT2D eigenvalue weighted by Crippen LogP contribution is 2.34. The molecule has 8 nitrogen and oxygen atoms in total. The molecular formula is C19H20N2O6. The predicted octanol–water partition coefficient (Wildman–Crippen LogP) is 2.00. The van der Waals surface area contributed by atoms with E-state index in [1.807, 2.05) is 12.1 Å². The van der Waals surface area contributed by atoms with E-state index in [-0.39, 0.29) is 6.61 Å². The SMILES string of the molecule is COc1cc(OC)c(OC)cc1/C=N\NC(=O)[C@@H]1COc2ccccc2O1. The van der Waals surface area contributed by atoms with Crippen LogP contribution in [0.4, 0.5) is 0 Å². The first-order valence-corrected chi connectivity index (χ1v) is 8.17. The van der Waals surface area contributed by atoms with Crippen molar-refractivity contribution in [1.29, 1.82) is 0 Å². The zero-order valence-corrected chi connectivity index (χ0v) is 15.2. The molecule has 27 heavy (non-hydrogen) atoms.